The average Bonchev–Trinajstić information content (AvgIpc) is 2.86. The fraction of sp³-hybridized carbons (Fsp3) is 0.0667. The first-order valence-electron chi connectivity index (χ1n) is 6.36. The first-order chi connectivity index (χ1) is 10.8. The Bertz CT molecular complexity index is 915. The lowest BCUT2D eigenvalue weighted by Gasteiger charge is -2.09. The maximum atomic E-state index is 13.3. The standard InChI is InChI=1S/C15H8F4N2O2/c16-10-3-1-2-8(6-10)9-4-5-11-20-12(14(22)23)13(15(17,18)19)21(11)7-9/h1-7H,(H,22,23). The smallest absolute Gasteiger partial charge is 0.434 e. The minimum Gasteiger partial charge on any atom is -0.476 e. The van der Waals surface area contributed by atoms with Gasteiger partial charge in [-0.25, -0.2) is 14.2 Å². The van der Waals surface area contributed by atoms with Crippen LogP contribution in [0.15, 0.2) is 42.6 Å². The maximum absolute atomic E-state index is 13.3. The van der Waals surface area contributed by atoms with Gasteiger partial charge in [0.05, 0.1) is 0 Å². The zero-order valence-corrected chi connectivity index (χ0v) is 11.3. The van der Waals surface area contributed by atoms with E-state index in [1.165, 1.54) is 36.4 Å². The SMILES string of the molecule is O=C(O)c1nc2ccc(-c3cccc(F)c3)cn2c1C(F)(F)F. The van der Waals surface area contributed by atoms with Crippen LogP contribution in [0.5, 0.6) is 0 Å². The van der Waals surface area contributed by atoms with E-state index >= 15 is 0 Å². The molecule has 0 aliphatic rings. The van der Waals surface area contributed by atoms with E-state index in [9.17, 15) is 22.4 Å². The van der Waals surface area contributed by atoms with Gasteiger partial charge in [0.2, 0.25) is 0 Å². The van der Waals surface area contributed by atoms with Crippen LogP contribution in [0.3, 0.4) is 0 Å². The zero-order chi connectivity index (χ0) is 16.8. The van der Waals surface area contributed by atoms with Crippen molar-refractivity contribution in [2.45, 2.75) is 6.18 Å². The van der Waals surface area contributed by atoms with E-state index in [2.05, 4.69) is 4.98 Å². The molecule has 0 fully saturated rings. The molecule has 118 valence electrons. The fourth-order valence-electron chi connectivity index (χ4n) is 2.30. The number of fused-ring (bicyclic) bond motifs is 1. The predicted molar refractivity (Wildman–Crippen MR) is 72.5 cm³/mol. The summed E-state index contributed by atoms with van der Waals surface area (Å²) in [6, 6.07) is 8.04. The summed E-state index contributed by atoms with van der Waals surface area (Å²) in [6.45, 7) is 0. The van der Waals surface area contributed by atoms with Crippen LogP contribution in [-0.2, 0) is 6.18 Å². The van der Waals surface area contributed by atoms with Gasteiger partial charge in [0.15, 0.2) is 11.4 Å². The molecule has 3 rings (SSSR count). The van der Waals surface area contributed by atoms with Crippen molar-refractivity contribution in [1.29, 1.82) is 0 Å². The number of rotatable bonds is 2. The van der Waals surface area contributed by atoms with Crippen molar-refractivity contribution >= 4 is 11.6 Å². The Balaban J connectivity index is 2.29. The van der Waals surface area contributed by atoms with Gasteiger partial charge in [-0.3, -0.25) is 4.40 Å². The summed E-state index contributed by atoms with van der Waals surface area (Å²) < 4.78 is 53.5. The normalized spacial score (nSPS) is 11.8. The number of carboxylic acids is 1. The molecule has 8 heteroatoms. The second kappa shape index (κ2) is 5.08. The molecule has 3 aromatic rings. The second-order valence-electron chi connectivity index (χ2n) is 4.77. The monoisotopic (exact) mass is 324 g/mol. The molecule has 4 nitrogen and oxygen atoms in total. The Kier molecular flexibility index (Phi) is 3.32. The van der Waals surface area contributed by atoms with Gasteiger partial charge in [-0.2, -0.15) is 13.2 Å². The van der Waals surface area contributed by atoms with Crippen LogP contribution >= 0.6 is 0 Å². The van der Waals surface area contributed by atoms with Crippen LogP contribution in [-0.4, -0.2) is 20.5 Å². The largest absolute Gasteiger partial charge is 0.476 e. The highest BCUT2D eigenvalue weighted by Gasteiger charge is 2.40. The van der Waals surface area contributed by atoms with Crippen molar-refractivity contribution in [2.24, 2.45) is 0 Å². The number of nitrogens with zero attached hydrogens (tertiary/aromatic N) is 2. The van der Waals surface area contributed by atoms with Gasteiger partial charge in [-0.15, -0.1) is 0 Å². The van der Waals surface area contributed by atoms with Crippen molar-refractivity contribution in [3.8, 4) is 11.1 Å². The predicted octanol–water partition coefficient (Wildman–Crippen LogP) is 3.86. The van der Waals surface area contributed by atoms with Crippen molar-refractivity contribution in [3.63, 3.8) is 0 Å². The van der Waals surface area contributed by atoms with E-state index in [0.29, 0.717) is 15.5 Å². The molecule has 0 aliphatic carbocycles. The Hall–Kier alpha value is -2.90. The van der Waals surface area contributed by atoms with Gasteiger partial charge in [0.1, 0.15) is 11.5 Å². The Labute approximate surface area is 126 Å². The quantitative estimate of drug-likeness (QED) is 0.728. The molecule has 0 saturated carbocycles. The molecule has 1 aromatic carbocycles. The minimum atomic E-state index is -4.90. The third kappa shape index (κ3) is 2.63. The highest BCUT2D eigenvalue weighted by Crippen LogP contribution is 2.34. The first kappa shape index (κ1) is 15.0. The highest BCUT2D eigenvalue weighted by atomic mass is 19.4. The highest BCUT2D eigenvalue weighted by molar-refractivity contribution is 5.88. The molecule has 0 unspecified atom stereocenters. The molecular weight excluding hydrogens is 316 g/mol. The van der Waals surface area contributed by atoms with E-state index in [4.69, 9.17) is 5.11 Å². The van der Waals surface area contributed by atoms with E-state index < -0.39 is 29.4 Å². The summed E-state index contributed by atoms with van der Waals surface area (Å²) >= 11 is 0. The number of aromatic carboxylic acids is 1. The molecule has 0 amide bonds. The van der Waals surface area contributed by atoms with Crippen LogP contribution in [0.4, 0.5) is 17.6 Å². The number of alkyl halides is 3. The summed E-state index contributed by atoms with van der Waals surface area (Å²) in [6.07, 6.45) is -3.81. The van der Waals surface area contributed by atoms with Crippen molar-refractivity contribution < 1.29 is 27.5 Å². The number of benzene rings is 1. The fourth-order valence-corrected chi connectivity index (χ4v) is 2.30. The van der Waals surface area contributed by atoms with Crippen LogP contribution in [0.1, 0.15) is 16.2 Å². The third-order valence-electron chi connectivity index (χ3n) is 3.25. The number of carbonyl (C=O) groups is 1. The number of aromatic nitrogens is 2. The number of pyridine rings is 1. The molecule has 2 aromatic heterocycles. The van der Waals surface area contributed by atoms with Crippen LogP contribution in [0.25, 0.3) is 16.8 Å². The van der Waals surface area contributed by atoms with Crippen molar-refractivity contribution in [1.82, 2.24) is 9.38 Å². The lowest BCUT2D eigenvalue weighted by molar-refractivity contribution is -0.142. The Morgan fingerprint density at radius 2 is 1.87 bits per heavy atom. The summed E-state index contributed by atoms with van der Waals surface area (Å²) in [5, 5.41) is 8.93. The second-order valence-corrected chi connectivity index (χ2v) is 4.77. The number of imidazole rings is 1. The van der Waals surface area contributed by atoms with Crippen LogP contribution in [0.2, 0.25) is 0 Å². The topological polar surface area (TPSA) is 54.6 Å². The maximum Gasteiger partial charge on any atom is 0.434 e. The summed E-state index contributed by atoms with van der Waals surface area (Å²) in [4.78, 5) is 14.5. The molecular formula is C15H8F4N2O2. The Morgan fingerprint density at radius 3 is 2.48 bits per heavy atom. The molecule has 2 heterocycles. The molecule has 0 radical (unpaired) electrons. The number of hydrogen-bond donors (Lipinski definition) is 1. The molecule has 0 saturated heterocycles. The molecule has 0 aliphatic heterocycles. The van der Waals surface area contributed by atoms with E-state index in [0.717, 1.165) is 6.20 Å². The van der Waals surface area contributed by atoms with Crippen LogP contribution < -0.4 is 0 Å². The van der Waals surface area contributed by atoms with E-state index in [1.807, 2.05) is 0 Å². The third-order valence-corrected chi connectivity index (χ3v) is 3.25. The van der Waals surface area contributed by atoms with Gasteiger partial charge in [-0.1, -0.05) is 12.1 Å². The molecule has 0 bridgehead atoms. The molecule has 0 atom stereocenters. The summed E-state index contributed by atoms with van der Waals surface area (Å²) in [7, 11) is 0. The van der Waals surface area contributed by atoms with Crippen LogP contribution in [0, 0.1) is 5.82 Å². The van der Waals surface area contributed by atoms with Crippen molar-refractivity contribution in [2.75, 3.05) is 0 Å². The van der Waals surface area contributed by atoms with Crippen molar-refractivity contribution in [3.05, 3.63) is 59.8 Å². The number of carboxylic acid groups (broad SMARTS) is 1. The molecule has 0 spiro atoms. The first-order valence-corrected chi connectivity index (χ1v) is 6.36. The lowest BCUT2D eigenvalue weighted by atomic mass is 10.1. The van der Waals surface area contributed by atoms with Gasteiger partial charge in [-0.05, 0) is 35.4 Å². The lowest BCUT2D eigenvalue weighted by Crippen LogP contribution is -2.14. The van der Waals surface area contributed by atoms with Gasteiger partial charge < -0.3 is 5.11 Å². The minimum absolute atomic E-state index is 0.158. The molecule has 23 heavy (non-hydrogen) atoms. The van der Waals surface area contributed by atoms with Gasteiger partial charge in [0.25, 0.3) is 0 Å². The van der Waals surface area contributed by atoms with E-state index in [-0.39, 0.29) is 5.65 Å². The number of hydrogen-bond acceptors (Lipinski definition) is 2. The average molecular weight is 324 g/mol. The number of halogens is 4. The summed E-state index contributed by atoms with van der Waals surface area (Å²) in [5.41, 5.74) is -1.94. The summed E-state index contributed by atoms with van der Waals surface area (Å²) in [5.74, 6) is -2.30. The van der Waals surface area contributed by atoms with Gasteiger partial charge in [0, 0.05) is 6.20 Å². The van der Waals surface area contributed by atoms with Gasteiger partial charge >= 0.3 is 12.1 Å². The Morgan fingerprint density at radius 1 is 1.13 bits per heavy atom. The zero-order valence-electron chi connectivity index (χ0n) is 11.3. The molecule has 1 N–H and O–H groups in total. The van der Waals surface area contributed by atoms with E-state index in [1.54, 1.807) is 0 Å².